The van der Waals surface area contributed by atoms with E-state index in [1.54, 1.807) is 24.3 Å². The quantitative estimate of drug-likeness (QED) is 0.0711. The van der Waals surface area contributed by atoms with Gasteiger partial charge in [0.05, 0.1) is 12.6 Å². The fourth-order valence-corrected chi connectivity index (χ4v) is 7.36. The summed E-state index contributed by atoms with van der Waals surface area (Å²) in [6.45, 7) is 2.46. The van der Waals surface area contributed by atoms with Crippen molar-refractivity contribution in [3.8, 4) is 0 Å². The zero-order valence-electron chi connectivity index (χ0n) is 32.6. The number of alkyl carbamates (subject to hydrolysis) is 2. The number of amides is 4. The van der Waals surface area contributed by atoms with Crippen LogP contribution in [0, 0.1) is 5.92 Å². The average Bonchev–Trinajstić information content (AvgIpc) is 3.89. The number of nitrogens with two attached hydrogens (primary N) is 1. The van der Waals surface area contributed by atoms with Crippen molar-refractivity contribution in [3.63, 3.8) is 0 Å². The molecule has 15 heteroatoms. The summed E-state index contributed by atoms with van der Waals surface area (Å²) in [5.74, 6) is -1.54. The number of unbranched alkanes of at least 4 members (excludes halogenated alkanes) is 1. The number of ketones is 1. The van der Waals surface area contributed by atoms with E-state index in [-0.39, 0.29) is 38.3 Å². The van der Waals surface area contributed by atoms with Crippen LogP contribution < -0.4 is 27.0 Å². The number of oxazole rings is 1. The van der Waals surface area contributed by atoms with Crippen LogP contribution in [0.5, 0.6) is 0 Å². The van der Waals surface area contributed by atoms with Crippen LogP contribution in [0.1, 0.15) is 66.8 Å². The molecule has 0 spiro atoms. The van der Waals surface area contributed by atoms with E-state index in [1.165, 1.54) is 4.90 Å². The minimum Gasteiger partial charge on any atom is -0.445 e. The average molecular weight is 796 g/mol. The van der Waals surface area contributed by atoms with Crippen LogP contribution in [-0.4, -0.2) is 96.6 Å². The summed E-state index contributed by atoms with van der Waals surface area (Å²) in [7, 11) is 0. The van der Waals surface area contributed by atoms with E-state index >= 15 is 0 Å². The Hall–Kier alpha value is -5.80. The first-order valence-electron chi connectivity index (χ1n) is 20.1. The molecule has 2 aliphatic rings. The van der Waals surface area contributed by atoms with Gasteiger partial charge in [-0.05, 0) is 93.8 Å². The molecular formula is C43H53N7O8. The molecule has 3 heterocycles. The molecule has 2 fully saturated rings. The Balaban J connectivity index is 1.21. The Kier molecular flexibility index (Phi) is 15.2. The van der Waals surface area contributed by atoms with Gasteiger partial charge in [-0.25, -0.2) is 14.6 Å². The molecule has 308 valence electrons. The largest absolute Gasteiger partial charge is 0.445 e. The molecule has 6 N–H and O–H groups in total. The van der Waals surface area contributed by atoms with Gasteiger partial charge in [-0.3, -0.25) is 14.4 Å². The first-order valence-corrected chi connectivity index (χ1v) is 20.1. The van der Waals surface area contributed by atoms with Crippen molar-refractivity contribution in [1.29, 1.82) is 0 Å². The molecule has 1 aromatic heterocycles. The number of para-hydroxylation sites is 2. The number of aromatic nitrogens is 1. The predicted molar refractivity (Wildman–Crippen MR) is 215 cm³/mol. The molecule has 0 unspecified atom stereocenters. The van der Waals surface area contributed by atoms with Crippen molar-refractivity contribution >= 4 is 40.9 Å². The fourth-order valence-electron chi connectivity index (χ4n) is 7.36. The molecule has 4 aromatic rings. The zero-order chi connectivity index (χ0) is 40.7. The summed E-state index contributed by atoms with van der Waals surface area (Å²) in [4.78, 5) is 74.8. The molecule has 2 saturated heterocycles. The number of nitrogens with zero attached hydrogens (tertiary/aromatic N) is 2. The van der Waals surface area contributed by atoms with E-state index < -0.39 is 54.0 Å². The Morgan fingerprint density at radius 3 is 2.28 bits per heavy atom. The van der Waals surface area contributed by atoms with E-state index in [2.05, 4.69) is 26.3 Å². The number of piperidine rings is 1. The van der Waals surface area contributed by atoms with Crippen LogP contribution in [0.4, 0.5) is 9.59 Å². The standard InChI is InChI=1S/C43H53N7O8/c44-22-10-9-16-34(38(51)40-48-33-15-7-8-17-37(33)58-40)47-39(52)36-25-32(57-42(54)46-26-30-20-23-45-24-21-30)27-50(36)41(53)35(19-18-29-11-3-1-4-12-29)49-43(55)56-28-31-13-5-2-6-14-31/h1-8,11-15,17,30,32,34-36,45H,9-10,16,18-28,44H2,(H,46,54)(H,47,52)(H,49,55)/t32-,34+,35-,36+/m1/s1. The van der Waals surface area contributed by atoms with Gasteiger partial charge in [-0.15, -0.1) is 0 Å². The highest BCUT2D eigenvalue weighted by Crippen LogP contribution is 2.25. The summed E-state index contributed by atoms with van der Waals surface area (Å²) in [6, 6.07) is 22.3. The Morgan fingerprint density at radius 1 is 0.845 bits per heavy atom. The van der Waals surface area contributed by atoms with Crippen molar-refractivity contribution in [3.05, 3.63) is 102 Å². The second-order valence-electron chi connectivity index (χ2n) is 14.8. The third-order valence-corrected chi connectivity index (χ3v) is 10.6. The van der Waals surface area contributed by atoms with E-state index in [9.17, 15) is 24.0 Å². The lowest BCUT2D eigenvalue weighted by molar-refractivity contribution is -0.140. The summed E-state index contributed by atoms with van der Waals surface area (Å²) >= 11 is 0. The van der Waals surface area contributed by atoms with E-state index in [0.29, 0.717) is 49.4 Å². The van der Waals surface area contributed by atoms with Crippen LogP contribution >= 0.6 is 0 Å². The second-order valence-corrected chi connectivity index (χ2v) is 14.8. The topological polar surface area (TPSA) is 207 Å². The SMILES string of the molecule is NCCCC[C@H](NC(=O)[C@@H]1C[C@@H](OC(=O)NCC2CCNCC2)CN1C(=O)[C@@H](CCc1ccccc1)NC(=O)OCc1ccccc1)C(=O)c1nc2ccccc2o1. The molecule has 2 aliphatic heterocycles. The maximum Gasteiger partial charge on any atom is 0.408 e. The number of Topliss-reactive ketones (excluding diaryl/α,β-unsaturated/α-hetero) is 1. The number of aryl methyl sites for hydroxylation is 1. The molecule has 4 amide bonds. The van der Waals surface area contributed by atoms with Gasteiger partial charge in [0.25, 0.3) is 5.89 Å². The Morgan fingerprint density at radius 2 is 1.55 bits per heavy atom. The molecule has 0 radical (unpaired) electrons. The molecule has 6 rings (SSSR count). The van der Waals surface area contributed by atoms with E-state index in [4.69, 9.17) is 19.6 Å². The van der Waals surface area contributed by atoms with Gasteiger partial charge in [-0.2, -0.15) is 0 Å². The summed E-state index contributed by atoms with van der Waals surface area (Å²) in [6.07, 6.45) is 1.52. The van der Waals surface area contributed by atoms with Crippen molar-refractivity contribution in [1.82, 2.24) is 31.2 Å². The maximum atomic E-state index is 14.6. The number of ether oxygens (including phenoxy) is 2. The molecular weight excluding hydrogens is 743 g/mol. The lowest BCUT2D eigenvalue weighted by Crippen LogP contribution is -2.55. The molecule has 58 heavy (non-hydrogen) atoms. The van der Waals surface area contributed by atoms with Gasteiger partial charge in [0.2, 0.25) is 17.6 Å². The first-order chi connectivity index (χ1) is 28.3. The monoisotopic (exact) mass is 795 g/mol. The Labute approximate surface area is 337 Å². The number of carbonyl (C=O) groups is 5. The summed E-state index contributed by atoms with van der Waals surface area (Å²) in [5, 5.41) is 11.8. The number of rotatable bonds is 18. The first kappa shape index (κ1) is 41.8. The minimum atomic E-state index is -1.15. The highest BCUT2D eigenvalue weighted by molar-refractivity contribution is 6.01. The van der Waals surface area contributed by atoms with Gasteiger partial charge >= 0.3 is 12.2 Å². The molecule has 0 aliphatic carbocycles. The van der Waals surface area contributed by atoms with Crippen molar-refractivity contribution in [2.75, 3.05) is 32.7 Å². The fraction of sp³-hybridized carbons (Fsp3) is 0.442. The van der Waals surface area contributed by atoms with Gasteiger partial charge in [0.15, 0.2) is 5.58 Å². The van der Waals surface area contributed by atoms with Gasteiger partial charge < -0.3 is 45.8 Å². The van der Waals surface area contributed by atoms with Crippen LogP contribution in [0.15, 0.2) is 89.3 Å². The molecule has 4 atom stereocenters. The third-order valence-electron chi connectivity index (χ3n) is 10.6. The van der Waals surface area contributed by atoms with E-state index in [0.717, 1.165) is 37.1 Å². The number of fused-ring (bicyclic) bond motifs is 1. The Bertz CT molecular complexity index is 1940. The van der Waals surface area contributed by atoms with Crippen LogP contribution in [0.25, 0.3) is 11.1 Å². The van der Waals surface area contributed by atoms with E-state index in [1.807, 2.05) is 60.7 Å². The second kappa shape index (κ2) is 21.1. The number of benzene rings is 3. The number of hydrogen-bond acceptors (Lipinski definition) is 11. The maximum absolute atomic E-state index is 14.6. The molecule has 3 aromatic carbocycles. The number of nitrogens with one attached hydrogen (secondary N) is 4. The zero-order valence-corrected chi connectivity index (χ0v) is 32.6. The predicted octanol–water partition coefficient (Wildman–Crippen LogP) is 4.25. The third kappa shape index (κ3) is 11.9. The van der Waals surface area contributed by atoms with Crippen LogP contribution in [0.2, 0.25) is 0 Å². The number of likely N-dealkylation sites (tertiary alicyclic amines) is 1. The molecule has 0 saturated carbocycles. The highest BCUT2D eigenvalue weighted by atomic mass is 16.6. The van der Waals surface area contributed by atoms with Crippen molar-refractivity contribution in [2.45, 2.75) is 82.2 Å². The molecule has 0 bridgehead atoms. The summed E-state index contributed by atoms with van der Waals surface area (Å²) in [5.41, 5.74) is 8.41. The van der Waals surface area contributed by atoms with Crippen molar-refractivity contribution in [2.24, 2.45) is 11.7 Å². The lowest BCUT2D eigenvalue weighted by atomic mass is 9.98. The highest BCUT2D eigenvalue weighted by Gasteiger charge is 2.44. The van der Waals surface area contributed by atoms with Gasteiger partial charge in [-0.1, -0.05) is 72.8 Å². The number of carbonyl (C=O) groups excluding carboxylic acids is 5. The normalized spacial score (nSPS) is 17.9. The summed E-state index contributed by atoms with van der Waals surface area (Å²) < 4.78 is 17.1. The number of hydrogen-bond donors (Lipinski definition) is 5. The van der Waals surface area contributed by atoms with Crippen molar-refractivity contribution < 1.29 is 37.9 Å². The van der Waals surface area contributed by atoms with Crippen LogP contribution in [0.3, 0.4) is 0 Å². The lowest BCUT2D eigenvalue weighted by Gasteiger charge is -2.29. The minimum absolute atomic E-state index is 0.0108. The van der Waals surface area contributed by atoms with Gasteiger partial charge in [0, 0.05) is 13.0 Å². The van der Waals surface area contributed by atoms with Crippen LogP contribution in [-0.2, 0) is 32.1 Å². The molecule has 15 nitrogen and oxygen atoms in total. The smallest absolute Gasteiger partial charge is 0.408 e. The van der Waals surface area contributed by atoms with Gasteiger partial charge in [0.1, 0.15) is 30.3 Å².